The SMILES string of the molecule is C[C@@H]1CN(C(=O)C2(C)CCCCCC2)CC(C(=O)O)O1. The van der Waals surface area contributed by atoms with E-state index < -0.39 is 12.1 Å². The summed E-state index contributed by atoms with van der Waals surface area (Å²) < 4.78 is 5.38. The van der Waals surface area contributed by atoms with Crippen LogP contribution in [0.4, 0.5) is 0 Å². The number of hydrogen-bond donors (Lipinski definition) is 1. The lowest BCUT2D eigenvalue weighted by molar-refractivity contribution is -0.170. The molecule has 0 spiro atoms. The number of hydrogen-bond acceptors (Lipinski definition) is 3. The van der Waals surface area contributed by atoms with Gasteiger partial charge in [-0.2, -0.15) is 0 Å². The fourth-order valence-corrected chi connectivity index (χ4v) is 3.36. The van der Waals surface area contributed by atoms with Crippen LogP contribution in [0.1, 0.15) is 52.4 Å². The summed E-state index contributed by atoms with van der Waals surface area (Å²) in [4.78, 5) is 25.6. The van der Waals surface area contributed by atoms with Crippen molar-refractivity contribution in [1.82, 2.24) is 4.90 Å². The molecule has 20 heavy (non-hydrogen) atoms. The molecule has 114 valence electrons. The Morgan fingerprint density at radius 2 is 1.75 bits per heavy atom. The first kappa shape index (κ1) is 15.3. The van der Waals surface area contributed by atoms with Gasteiger partial charge in [0.05, 0.1) is 12.6 Å². The van der Waals surface area contributed by atoms with Crippen LogP contribution >= 0.6 is 0 Å². The van der Waals surface area contributed by atoms with Crippen LogP contribution in [0.25, 0.3) is 0 Å². The highest BCUT2D eigenvalue weighted by atomic mass is 16.5. The van der Waals surface area contributed by atoms with Crippen molar-refractivity contribution in [2.24, 2.45) is 5.41 Å². The van der Waals surface area contributed by atoms with Crippen LogP contribution < -0.4 is 0 Å². The molecule has 1 unspecified atom stereocenters. The van der Waals surface area contributed by atoms with E-state index in [1.165, 1.54) is 12.8 Å². The van der Waals surface area contributed by atoms with Crippen molar-refractivity contribution in [3.05, 3.63) is 0 Å². The van der Waals surface area contributed by atoms with Gasteiger partial charge in [-0.15, -0.1) is 0 Å². The zero-order valence-corrected chi connectivity index (χ0v) is 12.4. The quantitative estimate of drug-likeness (QED) is 0.788. The standard InChI is InChI=1S/C15H25NO4/c1-11-9-16(10-12(20-11)13(17)18)14(19)15(2)7-5-3-4-6-8-15/h11-12H,3-10H2,1-2H3,(H,17,18)/t11-,12?/m1/s1. The van der Waals surface area contributed by atoms with Gasteiger partial charge in [0.2, 0.25) is 5.91 Å². The molecule has 2 atom stereocenters. The highest BCUT2D eigenvalue weighted by Crippen LogP contribution is 2.36. The predicted molar refractivity (Wildman–Crippen MR) is 74.4 cm³/mol. The third-order valence-corrected chi connectivity index (χ3v) is 4.55. The molecule has 2 fully saturated rings. The molecule has 5 nitrogen and oxygen atoms in total. The number of aliphatic carboxylic acids is 1. The Hall–Kier alpha value is -1.10. The smallest absolute Gasteiger partial charge is 0.334 e. The summed E-state index contributed by atoms with van der Waals surface area (Å²) in [6, 6.07) is 0. The largest absolute Gasteiger partial charge is 0.479 e. The first-order chi connectivity index (χ1) is 9.42. The number of ether oxygens (including phenoxy) is 1. The number of carboxylic acids is 1. The fraction of sp³-hybridized carbons (Fsp3) is 0.867. The van der Waals surface area contributed by atoms with Crippen LogP contribution in [-0.4, -0.2) is 47.2 Å². The summed E-state index contributed by atoms with van der Waals surface area (Å²) in [5.41, 5.74) is -0.323. The summed E-state index contributed by atoms with van der Waals surface area (Å²) in [7, 11) is 0. The minimum atomic E-state index is -0.986. The lowest BCUT2D eigenvalue weighted by Gasteiger charge is -2.40. The molecule has 1 N–H and O–H groups in total. The maximum atomic E-state index is 12.8. The summed E-state index contributed by atoms with van der Waals surface area (Å²) in [5.74, 6) is -0.874. The Balaban J connectivity index is 2.08. The van der Waals surface area contributed by atoms with Crippen molar-refractivity contribution in [2.75, 3.05) is 13.1 Å². The minimum Gasteiger partial charge on any atom is -0.479 e. The Morgan fingerprint density at radius 3 is 2.30 bits per heavy atom. The molecule has 2 rings (SSSR count). The second-order valence-corrected chi connectivity index (χ2v) is 6.46. The van der Waals surface area contributed by atoms with Gasteiger partial charge in [0, 0.05) is 12.0 Å². The molecule has 0 radical (unpaired) electrons. The predicted octanol–water partition coefficient (Wildman–Crippen LogP) is 2.05. The first-order valence-corrected chi connectivity index (χ1v) is 7.60. The number of carbonyl (C=O) groups is 2. The van der Waals surface area contributed by atoms with Crippen molar-refractivity contribution < 1.29 is 19.4 Å². The van der Waals surface area contributed by atoms with Crippen LogP contribution in [0.15, 0.2) is 0 Å². The van der Waals surface area contributed by atoms with E-state index in [0.29, 0.717) is 6.54 Å². The molecule has 1 saturated carbocycles. The summed E-state index contributed by atoms with van der Waals surface area (Å²) in [6.07, 6.45) is 5.28. The van der Waals surface area contributed by atoms with Gasteiger partial charge < -0.3 is 14.7 Å². The van der Waals surface area contributed by atoms with Crippen LogP contribution in [0, 0.1) is 5.41 Å². The fourth-order valence-electron chi connectivity index (χ4n) is 3.36. The molecule has 0 aromatic heterocycles. The van der Waals surface area contributed by atoms with Crippen molar-refractivity contribution in [3.63, 3.8) is 0 Å². The Morgan fingerprint density at radius 1 is 1.15 bits per heavy atom. The number of amides is 1. The van der Waals surface area contributed by atoms with Gasteiger partial charge in [0.25, 0.3) is 0 Å². The van der Waals surface area contributed by atoms with E-state index in [1.807, 2.05) is 13.8 Å². The highest BCUT2D eigenvalue weighted by Gasteiger charge is 2.41. The van der Waals surface area contributed by atoms with Gasteiger partial charge in [-0.1, -0.05) is 32.6 Å². The average molecular weight is 283 g/mol. The lowest BCUT2D eigenvalue weighted by atomic mass is 9.81. The third-order valence-electron chi connectivity index (χ3n) is 4.55. The van der Waals surface area contributed by atoms with Crippen LogP contribution in [0.3, 0.4) is 0 Å². The van der Waals surface area contributed by atoms with Gasteiger partial charge in [-0.05, 0) is 19.8 Å². The van der Waals surface area contributed by atoms with E-state index in [4.69, 9.17) is 9.84 Å². The molecule has 1 aliphatic heterocycles. The molecule has 5 heteroatoms. The number of morpholine rings is 1. The molecule has 0 aromatic rings. The third kappa shape index (κ3) is 3.32. The van der Waals surface area contributed by atoms with E-state index in [-0.39, 0.29) is 24.0 Å². The maximum absolute atomic E-state index is 12.8. The number of rotatable bonds is 2. The molecule has 1 heterocycles. The second kappa shape index (κ2) is 6.12. The van der Waals surface area contributed by atoms with E-state index >= 15 is 0 Å². The second-order valence-electron chi connectivity index (χ2n) is 6.46. The normalized spacial score (nSPS) is 30.6. The molecule has 1 amide bonds. The van der Waals surface area contributed by atoms with E-state index in [0.717, 1.165) is 25.7 Å². The molecule has 2 aliphatic rings. The van der Waals surface area contributed by atoms with E-state index in [2.05, 4.69) is 0 Å². The van der Waals surface area contributed by atoms with Crippen molar-refractivity contribution >= 4 is 11.9 Å². The van der Waals surface area contributed by atoms with Crippen molar-refractivity contribution in [3.8, 4) is 0 Å². The maximum Gasteiger partial charge on any atom is 0.334 e. The molecule has 0 aromatic carbocycles. The van der Waals surface area contributed by atoms with Crippen molar-refractivity contribution in [2.45, 2.75) is 64.6 Å². The number of carboxylic acid groups (broad SMARTS) is 1. The van der Waals surface area contributed by atoms with Gasteiger partial charge in [-0.25, -0.2) is 4.79 Å². The van der Waals surface area contributed by atoms with E-state index in [9.17, 15) is 9.59 Å². The zero-order chi connectivity index (χ0) is 14.8. The molecular formula is C15H25NO4. The van der Waals surface area contributed by atoms with Crippen LogP contribution in [0.5, 0.6) is 0 Å². The zero-order valence-electron chi connectivity index (χ0n) is 12.4. The Kier molecular flexibility index (Phi) is 4.68. The summed E-state index contributed by atoms with van der Waals surface area (Å²) >= 11 is 0. The highest BCUT2D eigenvalue weighted by molar-refractivity contribution is 5.83. The summed E-state index contributed by atoms with van der Waals surface area (Å²) in [5, 5.41) is 9.11. The minimum absolute atomic E-state index is 0.112. The van der Waals surface area contributed by atoms with Gasteiger partial charge in [0.1, 0.15) is 0 Å². The molecule has 1 aliphatic carbocycles. The van der Waals surface area contributed by atoms with Gasteiger partial charge >= 0.3 is 5.97 Å². The van der Waals surface area contributed by atoms with Gasteiger partial charge in [-0.3, -0.25) is 4.79 Å². The summed E-state index contributed by atoms with van der Waals surface area (Å²) in [6.45, 7) is 4.54. The molecule has 0 bridgehead atoms. The number of carbonyl (C=O) groups excluding carboxylic acids is 1. The van der Waals surface area contributed by atoms with E-state index in [1.54, 1.807) is 4.90 Å². The monoisotopic (exact) mass is 283 g/mol. The molecule has 1 saturated heterocycles. The lowest BCUT2D eigenvalue weighted by Crippen LogP contribution is -2.55. The van der Waals surface area contributed by atoms with Crippen LogP contribution in [-0.2, 0) is 14.3 Å². The van der Waals surface area contributed by atoms with Crippen LogP contribution in [0.2, 0.25) is 0 Å². The topological polar surface area (TPSA) is 66.8 Å². The van der Waals surface area contributed by atoms with Crippen molar-refractivity contribution in [1.29, 1.82) is 0 Å². The Labute approximate surface area is 120 Å². The molecular weight excluding hydrogens is 258 g/mol. The number of nitrogens with zero attached hydrogens (tertiary/aromatic N) is 1. The first-order valence-electron chi connectivity index (χ1n) is 7.60. The average Bonchev–Trinajstić information content (AvgIpc) is 2.63. The van der Waals surface area contributed by atoms with Gasteiger partial charge in [0.15, 0.2) is 6.10 Å². The Bertz CT molecular complexity index is 374.